The molecule has 0 aliphatic heterocycles. The van der Waals surface area contributed by atoms with E-state index < -0.39 is 5.54 Å². The van der Waals surface area contributed by atoms with Crippen LogP contribution in [-0.2, 0) is 16.0 Å². The van der Waals surface area contributed by atoms with Gasteiger partial charge in [0.25, 0.3) is 0 Å². The first-order valence-corrected chi connectivity index (χ1v) is 5.73. The average molecular weight is 217 g/mol. The quantitative estimate of drug-likeness (QED) is 0.758. The Kier molecular flexibility index (Phi) is 1.89. The number of carbonyl (C=O) groups excluding carboxylic acids is 1. The highest BCUT2D eigenvalue weighted by atomic mass is 16.5. The van der Waals surface area contributed by atoms with Crippen LogP contribution >= 0.6 is 0 Å². The van der Waals surface area contributed by atoms with E-state index in [0.717, 1.165) is 6.42 Å². The third kappa shape index (κ3) is 1.04. The van der Waals surface area contributed by atoms with Gasteiger partial charge in [0.05, 0.1) is 6.61 Å². The molecule has 16 heavy (non-hydrogen) atoms. The van der Waals surface area contributed by atoms with Crippen molar-refractivity contribution in [2.45, 2.75) is 24.8 Å². The summed E-state index contributed by atoms with van der Waals surface area (Å²) in [6, 6.07) is 8.23. The zero-order valence-electron chi connectivity index (χ0n) is 9.27. The summed E-state index contributed by atoms with van der Waals surface area (Å²) in [6.45, 7) is 2.21. The maximum Gasteiger partial charge on any atom is 0.327 e. The Hall–Kier alpha value is -1.35. The molecule has 0 heterocycles. The van der Waals surface area contributed by atoms with E-state index in [1.165, 1.54) is 11.1 Å². The molecular formula is C13H15NO2. The summed E-state index contributed by atoms with van der Waals surface area (Å²) in [4.78, 5) is 11.8. The monoisotopic (exact) mass is 217 g/mol. The number of fused-ring (bicyclic) bond motifs is 3. The number of hydrogen-bond donors (Lipinski definition) is 1. The lowest BCUT2D eigenvalue weighted by Gasteiger charge is -2.15. The van der Waals surface area contributed by atoms with Crippen LogP contribution in [0.15, 0.2) is 24.3 Å². The summed E-state index contributed by atoms with van der Waals surface area (Å²) >= 11 is 0. The first-order chi connectivity index (χ1) is 7.69. The molecule has 1 aromatic rings. The highest BCUT2D eigenvalue weighted by molar-refractivity contribution is 5.89. The lowest BCUT2D eigenvalue weighted by atomic mass is 9.99. The van der Waals surface area contributed by atoms with E-state index in [4.69, 9.17) is 10.5 Å². The van der Waals surface area contributed by atoms with Gasteiger partial charge < -0.3 is 10.5 Å². The van der Waals surface area contributed by atoms with Gasteiger partial charge in [-0.25, -0.2) is 0 Å². The molecule has 84 valence electrons. The van der Waals surface area contributed by atoms with Crippen molar-refractivity contribution in [2.75, 3.05) is 6.61 Å². The zero-order chi connectivity index (χ0) is 11.3. The molecule has 0 amide bonds. The fourth-order valence-corrected chi connectivity index (χ4v) is 3.04. The third-order valence-electron chi connectivity index (χ3n) is 3.88. The van der Waals surface area contributed by atoms with E-state index in [2.05, 4.69) is 12.1 Å². The molecule has 2 N–H and O–H groups in total. The third-order valence-corrected chi connectivity index (χ3v) is 3.88. The van der Waals surface area contributed by atoms with Crippen LogP contribution in [0.4, 0.5) is 0 Å². The highest BCUT2D eigenvalue weighted by Crippen LogP contribution is 2.63. The summed E-state index contributed by atoms with van der Waals surface area (Å²) in [5.74, 6) is 0.200. The molecule has 1 saturated carbocycles. The molecule has 0 unspecified atom stereocenters. The van der Waals surface area contributed by atoms with Gasteiger partial charge >= 0.3 is 5.97 Å². The number of ether oxygens (including phenoxy) is 1. The van der Waals surface area contributed by atoms with Gasteiger partial charge in [-0.2, -0.15) is 0 Å². The number of benzene rings is 1. The predicted molar refractivity (Wildman–Crippen MR) is 59.9 cm³/mol. The van der Waals surface area contributed by atoms with Crippen molar-refractivity contribution in [3.05, 3.63) is 35.4 Å². The van der Waals surface area contributed by atoms with E-state index in [9.17, 15) is 4.79 Å². The van der Waals surface area contributed by atoms with Crippen LogP contribution in [0.2, 0.25) is 0 Å². The van der Waals surface area contributed by atoms with Crippen molar-refractivity contribution >= 4 is 5.97 Å². The van der Waals surface area contributed by atoms with E-state index >= 15 is 0 Å². The van der Waals surface area contributed by atoms with E-state index in [0.29, 0.717) is 6.61 Å². The fraction of sp³-hybridized carbons (Fsp3) is 0.462. The molecule has 0 bridgehead atoms. The van der Waals surface area contributed by atoms with Crippen LogP contribution in [0.1, 0.15) is 24.0 Å². The topological polar surface area (TPSA) is 52.3 Å². The molecule has 1 aromatic carbocycles. The normalized spacial score (nSPS) is 34.1. The Morgan fingerprint density at radius 1 is 1.56 bits per heavy atom. The van der Waals surface area contributed by atoms with Gasteiger partial charge in [-0.1, -0.05) is 24.3 Å². The molecule has 3 rings (SSSR count). The molecule has 0 saturated heterocycles. The van der Waals surface area contributed by atoms with Gasteiger partial charge in [-0.15, -0.1) is 0 Å². The Balaban J connectivity index is 1.90. The minimum atomic E-state index is -0.746. The Morgan fingerprint density at radius 2 is 2.31 bits per heavy atom. The molecule has 0 aromatic heterocycles. The Bertz CT molecular complexity index is 457. The van der Waals surface area contributed by atoms with E-state index in [1.807, 2.05) is 19.1 Å². The predicted octanol–water partition coefficient (Wildman–Crippen LogP) is 1.22. The number of nitrogens with two attached hydrogens (primary N) is 1. The Labute approximate surface area is 94.6 Å². The molecule has 1 fully saturated rings. The summed E-state index contributed by atoms with van der Waals surface area (Å²) < 4.78 is 5.06. The minimum absolute atomic E-state index is 0.183. The number of esters is 1. The highest BCUT2D eigenvalue weighted by Gasteiger charge is 2.71. The second-order valence-electron chi connectivity index (χ2n) is 4.64. The number of hydrogen-bond acceptors (Lipinski definition) is 3. The Morgan fingerprint density at radius 3 is 3.06 bits per heavy atom. The first-order valence-electron chi connectivity index (χ1n) is 5.73. The lowest BCUT2D eigenvalue weighted by molar-refractivity contribution is -0.146. The van der Waals surface area contributed by atoms with Crippen molar-refractivity contribution < 1.29 is 9.53 Å². The summed E-state index contributed by atoms with van der Waals surface area (Å²) in [5, 5.41) is 0. The molecule has 3 nitrogen and oxygen atoms in total. The van der Waals surface area contributed by atoms with Crippen molar-refractivity contribution in [3.63, 3.8) is 0 Å². The maximum absolute atomic E-state index is 11.8. The summed E-state index contributed by atoms with van der Waals surface area (Å²) in [5.41, 5.74) is 8.00. The standard InChI is InChI=1S/C13H15NO2/c1-2-16-12(15)13(14)10-7-8-5-3-4-6-9(8)11(10)13/h3-6,10-11H,2,7,14H2,1H3/t10-,11+,13+/m1/s1. The van der Waals surface area contributed by atoms with Crippen LogP contribution in [0.25, 0.3) is 0 Å². The lowest BCUT2D eigenvalue weighted by Crippen LogP contribution is -2.39. The van der Waals surface area contributed by atoms with Crippen LogP contribution in [0.3, 0.4) is 0 Å². The van der Waals surface area contributed by atoms with Gasteiger partial charge in [0, 0.05) is 11.8 Å². The van der Waals surface area contributed by atoms with Crippen molar-refractivity contribution in [3.8, 4) is 0 Å². The molecule has 2 aliphatic rings. The SMILES string of the molecule is CCOC(=O)[C@]1(N)[C@@H]2Cc3ccccc3[C@@H]21. The second kappa shape index (κ2) is 3.08. The summed E-state index contributed by atoms with van der Waals surface area (Å²) in [7, 11) is 0. The molecule has 2 aliphatic carbocycles. The number of rotatable bonds is 2. The van der Waals surface area contributed by atoms with Gasteiger partial charge in [-0.05, 0) is 24.5 Å². The van der Waals surface area contributed by atoms with E-state index in [-0.39, 0.29) is 17.8 Å². The minimum Gasteiger partial charge on any atom is -0.465 e. The van der Waals surface area contributed by atoms with Gasteiger partial charge in [0.2, 0.25) is 0 Å². The second-order valence-corrected chi connectivity index (χ2v) is 4.64. The van der Waals surface area contributed by atoms with Crippen molar-refractivity contribution in [1.29, 1.82) is 0 Å². The molecule has 0 spiro atoms. The van der Waals surface area contributed by atoms with Crippen molar-refractivity contribution in [2.24, 2.45) is 11.7 Å². The molecule has 3 heteroatoms. The van der Waals surface area contributed by atoms with Crippen LogP contribution in [0, 0.1) is 5.92 Å². The zero-order valence-corrected chi connectivity index (χ0v) is 9.27. The summed E-state index contributed by atoms with van der Waals surface area (Å²) in [6.07, 6.45) is 0.913. The van der Waals surface area contributed by atoms with E-state index in [1.54, 1.807) is 0 Å². The van der Waals surface area contributed by atoms with Crippen LogP contribution < -0.4 is 5.73 Å². The maximum atomic E-state index is 11.8. The first kappa shape index (κ1) is 9.85. The van der Waals surface area contributed by atoms with Gasteiger partial charge in [0.1, 0.15) is 5.54 Å². The molecule has 3 atom stereocenters. The molecule has 0 radical (unpaired) electrons. The van der Waals surface area contributed by atoms with Crippen LogP contribution in [-0.4, -0.2) is 18.1 Å². The van der Waals surface area contributed by atoms with Crippen molar-refractivity contribution in [1.82, 2.24) is 0 Å². The smallest absolute Gasteiger partial charge is 0.327 e. The van der Waals surface area contributed by atoms with Gasteiger partial charge in [-0.3, -0.25) is 4.79 Å². The number of carbonyl (C=O) groups is 1. The largest absolute Gasteiger partial charge is 0.465 e. The fourth-order valence-electron chi connectivity index (χ4n) is 3.04. The van der Waals surface area contributed by atoms with Crippen LogP contribution in [0.5, 0.6) is 0 Å². The average Bonchev–Trinajstić information content (AvgIpc) is 2.72. The van der Waals surface area contributed by atoms with Gasteiger partial charge in [0.15, 0.2) is 0 Å². The molecular weight excluding hydrogens is 202 g/mol.